The number of nitrogens with zero attached hydrogens (tertiary/aromatic N) is 6. The van der Waals surface area contributed by atoms with Gasteiger partial charge in [0.1, 0.15) is 5.76 Å². The molecule has 1 aliphatic heterocycles. The summed E-state index contributed by atoms with van der Waals surface area (Å²) in [5, 5.41) is 4.46. The van der Waals surface area contributed by atoms with Crippen LogP contribution in [0.15, 0.2) is 47.2 Å². The maximum Gasteiger partial charge on any atom is 0.257 e. The van der Waals surface area contributed by atoms with Crippen molar-refractivity contribution < 1.29 is 14.0 Å². The maximum absolute atomic E-state index is 13.3. The number of hydrogen-bond donors (Lipinski definition) is 0. The third kappa shape index (κ3) is 4.48. The van der Waals surface area contributed by atoms with Crippen molar-refractivity contribution in [2.75, 3.05) is 20.1 Å². The molecule has 1 saturated heterocycles. The molecule has 9 nitrogen and oxygen atoms in total. The summed E-state index contributed by atoms with van der Waals surface area (Å²) in [7, 11) is 1.77. The fourth-order valence-corrected chi connectivity index (χ4v) is 4.88. The van der Waals surface area contributed by atoms with Crippen LogP contribution in [0.2, 0.25) is 0 Å². The SMILES string of the molecule is Cc1ccc(C(=O)N(C)Cc2ccco2)c(C2CCN(C(=O)c3cnc4cc(C)nn4c3C)CC2)n1. The van der Waals surface area contributed by atoms with E-state index in [0.717, 1.165) is 47.0 Å². The lowest BCUT2D eigenvalue weighted by Gasteiger charge is -2.33. The van der Waals surface area contributed by atoms with Gasteiger partial charge < -0.3 is 14.2 Å². The Balaban J connectivity index is 1.31. The van der Waals surface area contributed by atoms with Gasteiger partial charge in [0.15, 0.2) is 5.65 Å². The summed E-state index contributed by atoms with van der Waals surface area (Å²) < 4.78 is 7.13. The van der Waals surface area contributed by atoms with Gasteiger partial charge in [0, 0.05) is 44.0 Å². The van der Waals surface area contributed by atoms with E-state index in [1.54, 1.807) is 28.9 Å². The third-order valence-electron chi connectivity index (χ3n) is 6.86. The lowest BCUT2D eigenvalue weighted by Crippen LogP contribution is -2.39. The second kappa shape index (κ2) is 9.56. The molecule has 0 spiro atoms. The van der Waals surface area contributed by atoms with Crippen molar-refractivity contribution in [1.29, 1.82) is 0 Å². The van der Waals surface area contributed by atoms with Crippen LogP contribution in [-0.4, -0.2) is 61.3 Å². The van der Waals surface area contributed by atoms with Gasteiger partial charge in [-0.3, -0.25) is 14.6 Å². The minimum absolute atomic E-state index is 0.0415. The smallest absolute Gasteiger partial charge is 0.257 e. The average Bonchev–Trinajstić information content (AvgIpc) is 3.53. The number of aromatic nitrogens is 4. The zero-order valence-corrected chi connectivity index (χ0v) is 21.1. The van der Waals surface area contributed by atoms with Crippen molar-refractivity contribution in [3.63, 3.8) is 0 Å². The van der Waals surface area contributed by atoms with Crippen LogP contribution in [0, 0.1) is 20.8 Å². The standard InChI is InChI=1S/C27H30N6O3/c1-17-7-8-22(26(34)31(4)16-21-6-5-13-36-21)25(29-17)20-9-11-32(12-10-20)27(35)23-15-28-24-14-18(2)30-33(24)19(23)3/h5-8,13-15,20H,9-12,16H2,1-4H3. The van der Waals surface area contributed by atoms with Gasteiger partial charge in [0.05, 0.1) is 41.0 Å². The zero-order chi connectivity index (χ0) is 25.4. The summed E-state index contributed by atoms with van der Waals surface area (Å²) in [6.45, 7) is 7.31. The van der Waals surface area contributed by atoms with E-state index in [9.17, 15) is 9.59 Å². The number of furan rings is 1. The molecule has 186 valence electrons. The molecular weight excluding hydrogens is 456 g/mol. The Morgan fingerprint density at radius 1 is 1.08 bits per heavy atom. The highest BCUT2D eigenvalue weighted by molar-refractivity contribution is 5.96. The molecule has 2 amide bonds. The number of pyridine rings is 1. The summed E-state index contributed by atoms with van der Waals surface area (Å²) >= 11 is 0. The predicted molar refractivity (Wildman–Crippen MR) is 134 cm³/mol. The van der Waals surface area contributed by atoms with E-state index in [-0.39, 0.29) is 17.7 Å². The van der Waals surface area contributed by atoms with Gasteiger partial charge >= 0.3 is 0 Å². The lowest BCUT2D eigenvalue weighted by molar-refractivity contribution is 0.0704. The highest BCUT2D eigenvalue weighted by Crippen LogP contribution is 2.31. The first-order valence-corrected chi connectivity index (χ1v) is 12.2. The first kappa shape index (κ1) is 23.7. The van der Waals surface area contributed by atoms with Crippen LogP contribution in [0.5, 0.6) is 0 Å². The van der Waals surface area contributed by atoms with Gasteiger partial charge in [-0.05, 0) is 57.9 Å². The van der Waals surface area contributed by atoms with Crippen LogP contribution in [-0.2, 0) is 6.54 Å². The molecule has 5 heterocycles. The van der Waals surface area contributed by atoms with Gasteiger partial charge in [0.25, 0.3) is 11.8 Å². The van der Waals surface area contributed by atoms with Crippen molar-refractivity contribution in [1.82, 2.24) is 29.4 Å². The predicted octanol–water partition coefficient (Wildman–Crippen LogP) is 3.93. The van der Waals surface area contributed by atoms with Crippen molar-refractivity contribution in [2.45, 2.75) is 46.1 Å². The van der Waals surface area contributed by atoms with Crippen LogP contribution in [0.1, 0.15) is 68.0 Å². The Bertz CT molecular complexity index is 1420. The molecule has 0 atom stereocenters. The number of carbonyl (C=O) groups is 2. The number of piperidine rings is 1. The van der Waals surface area contributed by atoms with Gasteiger partial charge in [0.2, 0.25) is 0 Å². The Morgan fingerprint density at radius 2 is 1.86 bits per heavy atom. The minimum atomic E-state index is -0.0862. The van der Waals surface area contributed by atoms with Crippen LogP contribution in [0.4, 0.5) is 0 Å². The second-order valence-corrected chi connectivity index (χ2v) is 9.51. The maximum atomic E-state index is 13.3. The number of likely N-dealkylation sites (tertiary alicyclic amines) is 1. The minimum Gasteiger partial charge on any atom is -0.467 e. The zero-order valence-electron chi connectivity index (χ0n) is 21.1. The Labute approximate surface area is 209 Å². The number of amides is 2. The molecule has 0 saturated carbocycles. The summed E-state index contributed by atoms with van der Waals surface area (Å²) in [5.74, 6) is 0.699. The first-order valence-electron chi connectivity index (χ1n) is 12.2. The molecule has 1 aliphatic rings. The molecular formula is C27H30N6O3. The number of rotatable bonds is 5. The van der Waals surface area contributed by atoms with Gasteiger partial charge in [-0.15, -0.1) is 0 Å². The average molecular weight is 487 g/mol. The number of aryl methyl sites for hydroxylation is 3. The molecule has 0 radical (unpaired) electrons. The fourth-order valence-electron chi connectivity index (χ4n) is 4.88. The van der Waals surface area contributed by atoms with E-state index in [0.29, 0.717) is 30.8 Å². The van der Waals surface area contributed by atoms with Crippen LogP contribution >= 0.6 is 0 Å². The summed E-state index contributed by atoms with van der Waals surface area (Å²) in [4.78, 5) is 39.4. The first-order chi connectivity index (χ1) is 17.3. The number of hydrogen-bond acceptors (Lipinski definition) is 6. The van der Waals surface area contributed by atoms with Crippen LogP contribution < -0.4 is 0 Å². The van der Waals surface area contributed by atoms with E-state index in [1.807, 2.05) is 56.0 Å². The highest BCUT2D eigenvalue weighted by Gasteiger charge is 2.30. The summed E-state index contributed by atoms with van der Waals surface area (Å²) in [5.41, 5.74) is 5.24. The monoisotopic (exact) mass is 486 g/mol. The van der Waals surface area contributed by atoms with Gasteiger partial charge in [-0.2, -0.15) is 5.10 Å². The normalized spacial score (nSPS) is 14.4. The molecule has 0 aromatic carbocycles. The topological polar surface area (TPSA) is 96.8 Å². The Kier molecular flexibility index (Phi) is 6.30. The van der Waals surface area contributed by atoms with Crippen molar-refractivity contribution in [3.8, 4) is 0 Å². The summed E-state index contributed by atoms with van der Waals surface area (Å²) in [6, 6.07) is 9.30. The molecule has 4 aromatic heterocycles. The molecule has 4 aromatic rings. The molecule has 0 unspecified atom stereocenters. The molecule has 0 N–H and O–H groups in total. The van der Waals surface area contributed by atoms with Crippen molar-refractivity contribution >= 4 is 17.5 Å². The molecule has 0 bridgehead atoms. The van der Waals surface area contributed by atoms with Crippen LogP contribution in [0.25, 0.3) is 5.65 Å². The molecule has 5 rings (SSSR count). The molecule has 0 aliphatic carbocycles. The van der Waals surface area contributed by atoms with E-state index < -0.39 is 0 Å². The van der Waals surface area contributed by atoms with E-state index in [2.05, 4.69) is 10.1 Å². The Hall–Kier alpha value is -4.01. The van der Waals surface area contributed by atoms with Crippen molar-refractivity contribution in [3.05, 3.63) is 82.5 Å². The molecule has 9 heteroatoms. The van der Waals surface area contributed by atoms with E-state index >= 15 is 0 Å². The molecule has 1 fully saturated rings. The van der Waals surface area contributed by atoms with Gasteiger partial charge in [-0.25, -0.2) is 9.50 Å². The lowest BCUT2D eigenvalue weighted by atomic mass is 9.89. The largest absolute Gasteiger partial charge is 0.467 e. The van der Waals surface area contributed by atoms with E-state index in [4.69, 9.17) is 9.40 Å². The number of fused-ring (bicyclic) bond motifs is 1. The molecule has 36 heavy (non-hydrogen) atoms. The third-order valence-corrected chi connectivity index (χ3v) is 6.86. The quantitative estimate of drug-likeness (QED) is 0.424. The second-order valence-electron chi connectivity index (χ2n) is 9.51. The fraction of sp³-hybridized carbons (Fsp3) is 0.370. The van der Waals surface area contributed by atoms with Crippen LogP contribution in [0.3, 0.4) is 0 Å². The van der Waals surface area contributed by atoms with Crippen molar-refractivity contribution in [2.24, 2.45) is 0 Å². The number of carbonyl (C=O) groups excluding carboxylic acids is 2. The van der Waals surface area contributed by atoms with Gasteiger partial charge in [-0.1, -0.05) is 0 Å². The summed E-state index contributed by atoms with van der Waals surface area (Å²) in [6.07, 6.45) is 4.72. The highest BCUT2D eigenvalue weighted by atomic mass is 16.3. The van der Waals surface area contributed by atoms with E-state index in [1.165, 1.54) is 0 Å². The Morgan fingerprint density at radius 3 is 2.58 bits per heavy atom.